The van der Waals surface area contributed by atoms with Crippen LogP contribution >= 0.6 is 0 Å². The van der Waals surface area contributed by atoms with Crippen molar-refractivity contribution < 1.29 is 0 Å². The van der Waals surface area contributed by atoms with Crippen LogP contribution in [0, 0.1) is 13.8 Å². The van der Waals surface area contributed by atoms with E-state index >= 15 is 0 Å². The summed E-state index contributed by atoms with van der Waals surface area (Å²) in [4.78, 5) is 0. The maximum Gasteiger partial charge on any atom is 0.0491 e. The van der Waals surface area contributed by atoms with Crippen LogP contribution in [0.15, 0.2) is 206 Å². The molecule has 0 aliphatic heterocycles. The molecule has 290 valence electrons. The Hall–Kier alpha value is -7.48. The Morgan fingerprint density at radius 2 is 0.672 bits per heavy atom. The molecule has 0 aliphatic rings. The summed E-state index contributed by atoms with van der Waals surface area (Å²) < 4.78 is 2.41. The summed E-state index contributed by atoms with van der Waals surface area (Å²) in [6, 6.07) is 76.8. The van der Waals surface area contributed by atoms with Gasteiger partial charge in [-0.05, 0) is 139 Å². The fraction of sp³-hybridized carbons (Fsp3) is 0.0667. The Kier molecular flexibility index (Phi) is 8.98. The van der Waals surface area contributed by atoms with Gasteiger partial charge < -0.3 is 4.57 Å². The molecule has 0 atom stereocenters. The molecule has 0 unspecified atom stereocenters. The molecule has 0 radical (unpaired) electrons. The van der Waals surface area contributed by atoms with Crippen LogP contribution in [-0.4, -0.2) is 4.57 Å². The third-order valence-corrected chi connectivity index (χ3v) is 12.7. The Labute approximate surface area is 357 Å². The van der Waals surface area contributed by atoms with Crippen LogP contribution in [0.4, 0.5) is 0 Å². The average molecular weight is 780 g/mol. The van der Waals surface area contributed by atoms with Crippen LogP contribution < -0.4 is 0 Å². The number of fused-ring (bicyclic) bond motifs is 5. The van der Waals surface area contributed by atoms with Gasteiger partial charge in [0, 0.05) is 28.4 Å². The van der Waals surface area contributed by atoms with Gasteiger partial charge in [-0.15, -0.1) is 0 Å². The molecule has 11 aromatic rings. The van der Waals surface area contributed by atoms with Gasteiger partial charge in [-0.2, -0.15) is 0 Å². The number of hydrogen-bond donors (Lipinski definition) is 0. The quantitative estimate of drug-likeness (QED) is 0.142. The molecule has 0 saturated heterocycles. The van der Waals surface area contributed by atoms with Crippen LogP contribution in [0.3, 0.4) is 0 Å². The van der Waals surface area contributed by atoms with Gasteiger partial charge in [0.2, 0.25) is 0 Å². The number of hydrogen-bond acceptors (Lipinski definition) is 0. The first-order chi connectivity index (χ1) is 30.0. The predicted octanol–water partition coefficient (Wildman–Crippen LogP) is 16.7. The molecule has 0 N–H and O–H groups in total. The van der Waals surface area contributed by atoms with E-state index in [-0.39, 0.29) is 0 Å². The fourth-order valence-electron chi connectivity index (χ4n) is 9.72. The number of aromatic nitrogens is 1. The normalized spacial score (nSPS) is 11.6. The van der Waals surface area contributed by atoms with Crippen LogP contribution in [0.25, 0.3) is 110 Å². The van der Waals surface area contributed by atoms with Crippen molar-refractivity contribution in [3.8, 4) is 66.8 Å². The van der Waals surface area contributed by atoms with Crippen LogP contribution in [-0.2, 0) is 6.54 Å². The second-order valence-electron chi connectivity index (χ2n) is 16.5. The lowest BCUT2D eigenvalue weighted by Crippen LogP contribution is -1.93. The van der Waals surface area contributed by atoms with Crippen molar-refractivity contribution in [3.63, 3.8) is 0 Å². The van der Waals surface area contributed by atoms with E-state index < -0.39 is 0 Å². The Morgan fingerprint density at radius 1 is 0.279 bits per heavy atom. The van der Waals surface area contributed by atoms with Crippen molar-refractivity contribution in [1.82, 2.24) is 4.57 Å². The number of para-hydroxylation sites is 1. The van der Waals surface area contributed by atoms with Crippen molar-refractivity contribution >= 4 is 43.4 Å². The van der Waals surface area contributed by atoms with Gasteiger partial charge in [-0.1, -0.05) is 187 Å². The third-order valence-electron chi connectivity index (χ3n) is 12.7. The molecule has 0 spiro atoms. The lowest BCUT2D eigenvalue weighted by molar-refractivity contribution is 0.827. The third kappa shape index (κ3) is 6.42. The van der Waals surface area contributed by atoms with Crippen LogP contribution in [0.2, 0.25) is 0 Å². The van der Waals surface area contributed by atoms with Gasteiger partial charge in [0.15, 0.2) is 0 Å². The minimum Gasteiger partial charge on any atom is -0.341 e. The van der Waals surface area contributed by atoms with Crippen molar-refractivity contribution in [2.45, 2.75) is 27.3 Å². The molecule has 61 heavy (non-hydrogen) atoms. The highest BCUT2D eigenvalue weighted by Gasteiger charge is 2.19. The minimum atomic E-state index is 0.950. The molecule has 1 heteroatoms. The first kappa shape index (κ1) is 36.6. The standard InChI is InChI=1S/C60H45N/c1-4-61-57-19-9-8-18-51(57)54-36-48(30-33-58(54)61)43-22-20-41(21-23-43)42-24-26-45(27-25-42)60-53-32-29-49(46-16-10-12-39(2)34-46)37-55(53)59(44-14-6-5-7-15-44)52-31-28-50(38-56(52)60)47-17-11-13-40(3)35-47/h5-38H,4H2,1-3H3. The first-order valence-corrected chi connectivity index (χ1v) is 21.5. The summed E-state index contributed by atoms with van der Waals surface area (Å²) in [6.07, 6.45) is 0. The average Bonchev–Trinajstić information content (AvgIpc) is 3.63. The Balaban J connectivity index is 1.05. The minimum absolute atomic E-state index is 0.950. The van der Waals surface area contributed by atoms with Crippen LogP contribution in [0.1, 0.15) is 18.1 Å². The van der Waals surface area contributed by atoms with E-state index in [1.54, 1.807) is 0 Å². The highest BCUT2D eigenvalue weighted by molar-refractivity contribution is 6.22. The number of nitrogens with zero attached hydrogens (tertiary/aromatic N) is 1. The number of rotatable bonds is 7. The molecular formula is C60H45N. The SMILES string of the molecule is CCn1c2ccccc2c2cc(-c3ccc(-c4ccc(-c5c6ccc(-c7cccc(C)c7)cc6c(-c6ccccc6)c6ccc(-c7cccc(C)c7)cc56)cc4)cc3)ccc21. The van der Waals surface area contributed by atoms with E-state index in [1.165, 1.54) is 121 Å². The zero-order valence-corrected chi connectivity index (χ0v) is 34.8. The molecule has 10 aromatic carbocycles. The zero-order chi connectivity index (χ0) is 41.0. The van der Waals surface area contributed by atoms with Crippen molar-refractivity contribution in [1.29, 1.82) is 0 Å². The second kappa shape index (κ2) is 15.0. The van der Waals surface area contributed by atoms with E-state index in [2.05, 4.69) is 232 Å². The van der Waals surface area contributed by atoms with Gasteiger partial charge >= 0.3 is 0 Å². The van der Waals surface area contributed by atoms with Crippen molar-refractivity contribution in [2.75, 3.05) is 0 Å². The maximum atomic E-state index is 2.42. The van der Waals surface area contributed by atoms with Gasteiger partial charge in [-0.3, -0.25) is 0 Å². The zero-order valence-electron chi connectivity index (χ0n) is 34.8. The molecule has 0 amide bonds. The van der Waals surface area contributed by atoms with Gasteiger partial charge in [0.25, 0.3) is 0 Å². The van der Waals surface area contributed by atoms with E-state index in [1.807, 2.05) is 0 Å². The molecule has 1 heterocycles. The predicted molar refractivity (Wildman–Crippen MR) is 262 cm³/mol. The van der Waals surface area contributed by atoms with Gasteiger partial charge in [-0.25, -0.2) is 0 Å². The summed E-state index contributed by atoms with van der Waals surface area (Å²) >= 11 is 0. The molecule has 11 rings (SSSR count). The van der Waals surface area contributed by atoms with E-state index in [9.17, 15) is 0 Å². The van der Waals surface area contributed by atoms with Gasteiger partial charge in [0.1, 0.15) is 0 Å². The van der Waals surface area contributed by atoms with Crippen molar-refractivity contribution in [3.05, 3.63) is 217 Å². The Bertz CT molecular complexity index is 3440. The molecular weight excluding hydrogens is 735 g/mol. The number of aryl methyl sites for hydroxylation is 3. The monoisotopic (exact) mass is 779 g/mol. The lowest BCUT2D eigenvalue weighted by atomic mass is 9.83. The van der Waals surface area contributed by atoms with E-state index in [0.29, 0.717) is 0 Å². The molecule has 0 bridgehead atoms. The largest absolute Gasteiger partial charge is 0.341 e. The van der Waals surface area contributed by atoms with Crippen molar-refractivity contribution in [2.24, 2.45) is 0 Å². The molecule has 1 aromatic heterocycles. The molecule has 0 fully saturated rings. The summed E-state index contributed by atoms with van der Waals surface area (Å²) in [7, 11) is 0. The molecule has 0 saturated carbocycles. The summed E-state index contributed by atoms with van der Waals surface area (Å²) in [6.45, 7) is 7.51. The Morgan fingerprint density at radius 3 is 1.23 bits per heavy atom. The topological polar surface area (TPSA) is 4.93 Å². The summed E-state index contributed by atoms with van der Waals surface area (Å²) in [5.41, 5.74) is 19.8. The molecule has 1 nitrogen and oxygen atoms in total. The second-order valence-corrected chi connectivity index (χ2v) is 16.5. The number of benzene rings is 10. The highest BCUT2D eigenvalue weighted by Crippen LogP contribution is 2.46. The summed E-state index contributed by atoms with van der Waals surface area (Å²) in [5.74, 6) is 0. The molecule has 0 aliphatic carbocycles. The smallest absolute Gasteiger partial charge is 0.0491 e. The highest BCUT2D eigenvalue weighted by atomic mass is 15.0. The van der Waals surface area contributed by atoms with Gasteiger partial charge in [0.05, 0.1) is 0 Å². The fourth-order valence-corrected chi connectivity index (χ4v) is 9.72. The summed E-state index contributed by atoms with van der Waals surface area (Å²) in [5, 5.41) is 7.64. The van der Waals surface area contributed by atoms with Crippen LogP contribution in [0.5, 0.6) is 0 Å². The lowest BCUT2D eigenvalue weighted by Gasteiger charge is -2.20. The van der Waals surface area contributed by atoms with E-state index in [4.69, 9.17) is 0 Å². The first-order valence-electron chi connectivity index (χ1n) is 21.5. The maximum absolute atomic E-state index is 2.42. The van der Waals surface area contributed by atoms with E-state index in [0.717, 1.165) is 6.54 Å².